The molecule has 1 saturated heterocycles. The van der Waals surface area contributed by atoms with Crippen molar-refractivity contribution in [2.75, 3.05) is 18.0 Å². The summed E-state index contributed by atoms with van der Waals surface area (Å²) in [4.78, 5) is 6.72. The largest absolute Gasteiger partial charge is 0.357 e. The third-order valence-electron chi connectivity index (χ3n) is 5.30. The van der Waals surface area contributed by atoms with E-state index in [0.29, 0.717) is 0 Å². The smallest absolute Gasteiger partial charge is 0.240 e. The Kier molecular flexibility index (Phi) is 6.10. The van der Waals surface area contributed by atoms with Crippen molar-refractivity contribution in [3.8, 4) is 0 Å². The monoisotopic (exact) mass is 450 g/mol. The first-order valence-corrected chi connectivity index (χ1v) is 13.1. The quantitative estimate of drug-likeness (QED) is 0.637. The fourth-order valence-corrected chi connectivity index (χ4v) is 5.74. The summed E-state index contributed by atoms with van der Waals surface area (Å²) in [5.74, 6) is 0.865. The molecule has 30 heavy (non-hydrogen) atoms. The lowest BCUT2D eigenvalue weighted by Crippen LogP contribution is -2.30. The van der Waals surface area contributed by atoms with Crippen LogP contribution in [0.15, 0.2) is 52.4 Å². The first-order chi connectivity index (χ1) is 14.3. The molecule has 2 N–H and O–H groups in total. The van der Waals surface area contributed by atoms with Gasteiger partial charge in [-0.3, -0.25) is 0 Å². The van der Waals surface area contributed by atoms with Gasteiger partial charge >= 0.3 is 0 Å². The Labute approximate surface area is 177 Å². The minimum absolute atomic E-state index is 0.00438. The number of hydrogen-bond acceptors (Lipinski definition) is 6. The molecule has 1 saturated carbocycles. The average molecular weight is 451 g/mol. The number of pyridine rings is 1. The van der Waals surface area contributed by atoms with Crippen LogP contribution in [0, 0.1) is 0 Å². The number of anilines is 1. The normalized spacial score (nSPS) is 17.8. The van der Waals surface area contributed by atoms with Crippen LogP contribution >= 0.6 is 0 Å². The van der Waals surface area contributed by atoms with Gasteiger partial charge in [0.25, 0.3) is 0 Å². The van der Waals surface area contributed by atoms with Crippen LogP contribution in [-0.2, 0) is 26.6 Å². The summed E-state index contributed by atoms with van der Waals surface area (Å²) in [6, 6.07) is 8.96. The van der Waals surface area contributed by atoms with Crippen LogP contribution in [0.3, 0.4) is 0 Å². The summed E-state index contributed by atoms with van der Waals surface area (Å²) in [5, 5.41) is 0. The summed E-state index contributed by atoms with van der Waals surface area (Å²) in [6.45, 7) is 2.06. The highest BCUT2D eigenvalue weighted by Crippen LogP contribution is 2.23. The number of piperidine rings is 1. The van der Waals surface area contributed by atoms with Gasteiger partial charge in [-0.1, -0.05) is 0 Å². The van der Waals surface area contributed by atoms with Gasteiger partial charge in [0.1, 0.15) is 5.82 Å². The molecular weight excluding hydrogens is 424 g/mol. The summed E-state index contributed by atoms with van der Waals surface area (Å²) < 4.78 is 54.9. The summed E-state index contributed by atoms with van der Waals surface area (Å²) in [5.41, 5.74) is 0.821. The van der Waals surface area contributed by atoms with Gasteiger partial charge in [0.05, 0.1) is 9.79 Å². The van der Waals surface area contributed by atoms with Gasteiger partial charge in [-0.2, -0.15) is 0 Å². The zero-order valence-corrected chi connectivity index (χ0v) is 18.3. The molecule has 2 aliphatic rings. The molecule has 0 atom stereocenters. The molecule has 4 rings (SSSR count). The Balaban J connectivity index is 1.42. The lowest BCUT2D eigenvalue weighted by atomic mass is 10.1. The first kappa shape index (κ1) is 21.2. The molecule has 1 aliphatic carbocycles. The van der Waals surface area contributed by atoms with Crippen molar-refractivity contribution in [1.29, 1.82) is 0 Å². The van der Waals surface area contributed by atoms with Crippen molar-refractivity contribution >= 4 is 25.9 Å². The molecular formula is C20H26N4O4S2. The van der Waals surface area contributed by atoms with Gasteiger partial charge in [0, 0.05) is 31.9 Å². The standard InChI is InChI=1S/C20H26N4O4S2/c25-29(26,18-6-8-19(9-7-18)30(27,28)23-17-4-5-17)22-15-16-10-11-21-20(14-16)24-12-2-1-3-13-24/h6-11,14,17,22-23H,1-5,12-13,15H2. The van der Waals surface area contributed by atoms with Crippen molar-refractivity contribution in [3.05, 3.63) is 48.2 Å². The second kappa shape index (κ2) is 8.62. The maximum atomic E-state index is 12.6. The van der Waals surface area contributed by atoms with Crippen LogP contribution in [0.25, 0.3) is 0 Å². The zero-order valence-electron chi connectivity index (χ0n) is 16.6. The Bertz CT molecular complexity index is 1090. The van der Waals surface area contributed by atoms with E-state index in [4.69, 9.17) is 0 Å². The maximum Gasteiger partial charge on any atom is 0.240 e. The van der Waals surface area contributed by atoms with E-state index in [2.05, 4.69) is 19.3 Å². The molecule has 2 fully saturated rings. The van der Waals surface area contributed by atoms with E-state index in [1.807, 2.05) is 6.07 Å². The molecule has 2 aromatic rings. The lowest BCUT2D eigenvalue weighted by molar-refractivity contribution is 0.572. The molecule has 0 bridgehead atoms. The van der Waals surface area contributed by atoms with Crippen molar-refractivity contribution in [1.82, 2.24) is 14.4 Å². The summed E-state index contributed by atoms with van der Waals surface area (Å²) in [6.07, 6.45) is 6.88. The van der Waals surface area contributed by atoms with Gasteiger partial charge < -0.3 is 4.90 Å². The number of sulfonamides is 2. The average Bonchev–Trinajstić information content (AvgIpc) is 3.57. The second-order valence-electron chi connectivity index (χ2n) is 7.76. The molecule has 162 valence electrons. The van der Waals surface area contributed by atoms with E-state index in [-0.39, 0.29) is 22.4 Å². The molecule has 0 amide bonds. The Hall–Kier alpha value is -2.01. The SMILES string of the molecule is O=S(=O)(NCc1ccnc(N2CCCCC2)c1)c1ccc(S(=O)(=O)NC2CC2)cc1. The number of hydrogen-bond donors (Lipinski definition) is 2. The number of rotatable bonds is 8. The minimum atomic E-state index is -3.77. The second-order valence-corrected chi connectivity index (χ2v) is 11.2. The Morgan fingerprint density at radius 1 is 0.900 bits per heavy atom. The van der Waals surface area contributed by atoms with Gasteiger partial charge in [-0.05, 0) is 74.1 Å². The predicted molar refractivity (Wildman–Crippen MR) is 114 cm³/mol. The maximum absolute atomic E-state index is 12.6. The highest BCUT2D eigenvalue weighted by atomic mass is 32.2. The van der Waals surface area contributed by atoms with E-state index < -0.39 is 20.0 Å². The first-order valence-electron chi connectivity index (χ1n) is 10.2. The topological polar surface area (TPSA) is 108 Å². The van der Waals surface area contributed by atoms with Gasteiger partial charge in [-0.25, -0.2) is 31.3 Å². The molecule has 1 aromatic heterocycles. The number of nitrogens with zero attached hydrogens (tertiary/aromatic N) is 2. The van der Waals surface area contributed by atoms with Gasteiger partial charge in [0.2, 0.25) is 20.0 Å². The van der Waals surface area contributed by atoms with Crippen LogP contribution in [0.4, 0.5) is 5.82 Å². The predicted octanol–water partition coefficient (Wildman–Crippen LogP) is 1.99. The van der Waals surface area contributed by atoms with E-state index in [9.17, 15) is 16.8 Å². The van der Waals surface area contributed by atoms with Crippen molar-refractivity contribution < 1.29 is 16.8 Å². The van der Waals surface area contributed by atoms with Crippen molar-refractivity contribution in [2.24, 2.45) is 0 Å². The van der Waals surface area contributed by atoms with Crippen LogP contribution in [0.1, 0.15) is 37.7 Å². The Morgan fingerprint density at radius 3 is 2.17 bits per heavy atom. The van der Waals surface area contributed by atoms with E-state index in [1.165, 1.54) is 30.7 Å². The molecule has 10 heteroatoms. The molecule has 8 nitrogen and oxygen atoms in total. The van der Waals surface area contributed by atoms with Crippen molar-refractivity contribution in [3.63, 3.8) is 0 Å². The fraction of sp³-hybridized carbons (Fsp3) is 0.450. The third kappa shape index (κ3) is 5.18. The molecule has 0 radical (unpaired) electrons. The molecule has 1 aromatic carbocycles. The van der Waals surface area contributed by atoms with E-state index in [0.717, 1.165) is 50.2 Å². The van der Waals surface area contributed by atoms with Crippen LogP contribution in [-0.4, -0.2) is 41.0 Å². The number of nitrogens with one attached hydrogen (secondary N) is 2. The van der Waals surface area contributed by atoms with Gasteiger partial charge in [0.15, 0.2) is 0 Å². The minimum Gasteiger partial charge on any atom is -0.357 e. The molecule has 0 spiro atoms. The third-order valence-corrected chi connectivity index (χ3v) is 8.25. The lowest BCUT2D eigenvalue weighted by Gasteiger charge is -2.27. The Morgan fingerprint density at radius 2 is 1.53 bits per heavy atom. The van der Waals surface area contributed by atoms with Gasteiger partial charge in [-0.15, -0.1) is 0 Å². The molecule has 2 heterocycles. The van der Waals surface area contributed by atoms with Crippen LogP contribution in [0.2, 0.25) is 0 Å². The van der Waals surface area contributed by atoms with E-state index in [1.54, 1.807) is 12.3 Å². The number of benzene rings is 1. The highest BCUT2D eigenvalue weighted by Gasteiger charge is 2.28. The van der Waals surface area contributed by atoms with Crippen LogP contribution < -0.4 is 14.3 Å². The van der Waals surface area contributed by atoms with E-state index >= 15 is 0 Å². The van der Waals surface area contributed by atoms with Crippen LogP contribution in [0.5, 0.6) is 0 Å². The fourth-order valence-electron chi connectivity index (χ4n) is 3.41. The number of aromatic nitrogens is 1. The van der Waals surface area contributed by atoms with Crippen molar-refractivity contribution in [2.45, 2.75) is 54.5 Å². The molecule has 0 unspecified atom stereocenters. The zero-order chi connectivity index (χ0) is 21.2. The summed E-state index contributed by atoms with van der Waals surface area (Å²) in [7, 11) is -7.38. The molecule has 1 aliphatic heterocycles. The summed E-state index contributed by atoms with van der Waals surface area (Å²) >= 11 is 0. The highest BCUT2D eigenvalue weighted by molar-refractivity contribution is 7.90.